The van der Waals surface area contributed by atoms with E-state index in [-0.39, 0.29) is 14.9 Å². The molecule has 0 nitrogen and oxygen atoms in total. The second-order valence-corrected chi connectivity index (χ2v) is 3.80. The molecule has 0 aliphatic heterocycles. The quantitative estimate of drug-likeness (QED) is 0.454. The second kappa shape index (κ2) is 13.3. The third kappa shape index (κ3) is 8.07. The fraction of sp³-hybridized carbons (Fsp3) is 0.375. The van der Waals surface area contributed by atoms with Gasteiger partial charge in [-0.25, -0.2) is 17.7 Å². The monoisotopic (exact) mass is 292 g/mol. The van der Waals surface area contributed by atoms with Crippen LogP contribution in [-0.4, -0.2) is 7.63 Å². The molecule has 0 amide bonds. The van der Waals surface area contributed by atoms with E-state index < -0.39 is 0 Å². The molecule has 0 aromatic heterocycles. The van der Waals surface area contributed by atoms with Gasteiger partial charge in [-0.1, -0.05) is 26.7 Å². The summed E-state index contributed by atoms with van der Waals surface area (Å²) < 4.78 is 0. The summed E-state index contributed by atoms with van der Waals surface area (Å²) in [6, 6.07) is 0. The molecule has 1 atom stereocenters. The average Bonchev–Trinajstić information content (AvgIpc) is 2.93. The van der Waals surface area contributed by atoms with Crippen LogP contribution in [-0.2, 0) is 19.2 Å². The zero-order valence-corrected chi connectivity index (χ0v) is 15.1. The van der Waals surface area contributed by atoms with Crippen molar-refractivity contribution < 1.29 is 19.2 Å². The van der Waals surface area contributed by atoms with Crippen molar-refractivity contribution in [2.45, 2.75) is 34.1 Å². The van der Waals surface area contributed by atoms with Gasteiger partial charge in [0.25, 0.3) is 0 Å². The average molecular weight is 292 g/mol. The Balaban J connectivity index is -0.000000217. The Hall–Kier alpha value is -0.109. The minimum absolute atomic E-state index is 0. The van der Waals surface area contributed by atoms with Crippen LogP contribution in [0.15, 0.2) is 34.9 Å². The van der Waals surface area contributed by atoms with E-state index >= 15 is 0 Å². The van der Waals surface area contributed by atoms with Crippen LogP contribution in [0.3, 0.4) is 0 Å². The van der Waals surface area contributed by atoms with Crippen LogP contribution in [0.1, 0.15) is 34.1 Å². The molecule has 0 fully saturated rings. The fourth-order valence-electron chi connectivity index (χ4n) is 1.50. The Morgan fingerprint density at radius 1 is 1.22 bits per heavy atom. The third-order valence-corrected chi connectivity index (χ3v) is 2.82. The molecule has 0 saturated carbocycles. The molecular weight excluding hydrogens is 268 g/mol. The Morgan fingerprint density at radius 3 is 1.89 bits per heavy atom. The van der Waals surface area contributed by atoms with Gasteiger partial charge in [-0.3, -0.25) is 12.2 Å². The van der Waals surface area contributed by atoms with E-state index in [1.54, 1.807) is 19.2 Å². The van der Waals surface area contributed by atoms with Crippen LogP contribution in [0.2, 0.25) is 0 Å². The summed E-state index contributed by atoms with van der Waals surface area (Å²) in [5, 5.41) is 0. The van der Waals surface area contributed by atoms with Gasteiger partial charge in [-0.15, -0.1) is 13.3 Å². The van der Waals surface area contributed by atoms with Crippen molar-refractivity contribution in [1.29, 1.82) is 0 Å². The second-order valence-electron chi connectivity index (χ2n) is 3.80. The molecule has 0 N–H and O–H groups in total. The molecule has 0 heterocycles. The first kappa shape index (κ1) is 23.0. The van der Waals surface area contributed by atoms with Crippen molar-refractivity contribution in [3.8, 4) is 0 Å². The van der Waals surface area contributed by atoms with Gasteiger partial charge in [0, 0.05) is 0 Å². The van der Waals surface area contributed by atoms with E-state index in [1.165, 1.54) is 16.7 Å². The van der Waals surface area contributed by atoms with E-state index in [9.17, 15) is 0 Å². The van der Waals surface area contributed by atoms with Crippen molar-refractivity contribution in [3.05, 3.63) is 62.0 Å². The maximum atomic E-state index is 3.36. The predicted octanol–water partition coefficient (Wildman–Crippen LogP) is 4.54. The van der Waals surface area contributed by atoms with E-state index in [1.807, 2.05) is 12.2 Å². The van der Waals surface area contributed by atoms with Crippen LogP contribution in [0.25, 0.3) is 0 Å². The number of rotatable bonds is 0. The molecule has 100 valence electrons. The molecule has 0 aromatic carbocycles. The van der Waals surface area contributed by atoms with Gasteiger partial charge in [0.1, 0.15) is 0 Å². The van der Waals surface area contributed by atoms with Gasteiger partial charge >= 0.3 is 26.8 Å². The van der Waals surface area contributed by atoms with E-state index in [0.717, 1.165) is 6.42 Å². The van der Waals surface area contributed by atoms with Crippen LogP contribution >= 0.6 is 0 Å². The summed E-state index contributed by atoms with van der Waals surface area (Å²) >= 11 is 1.81. The van der Waals surface area contributed by atoms with Gasteiger partial charge in [-0.2, -0.15) is 17.2 Å². The topological polar surface area (TPSA) is 0 Å². The van der Waals surface area contributed by atoms with Gasteiger partial charge in [0.05, 0.1) is 0 Å². The van der Waals surface area contributed by atoms with Crippen LogP contribution < -0.4 is 0 Å². The van der Waals surface area contributed by atoms with Crippen molar-refractivity contribution in [1.82, 2.24) is 0 Å². The maximum absolute atomic E-state index is 3.36. The molecular formula is C16H24SiTi-4. The molecule has 0 aromatic rings. The predicted molar refractivity (Wildman–Crippen MR) is 80.1 cm³/mol. The minimum atomic E-state index is 0. The molecule has 18 heavy (non-hydrogen) atoms. The Bertz CT molecular complexity index is 325. The normalized spacial score (nSPS) is 18.6. The van der Waals surface area contributed by atoms with Crippen molar-refractivity contribution >= 4 is 7.63 Å². The molecule has 0 saturated heterocycles. The molecule has 2 aliphatic carbocycles. The number of hydrogen-bond acceptors (Lipinski definition) is 0. The van der Waals surface area contributed by atoms with Crippen LogP contribution in [0.4, 0.5) is 0 Å². The zero-order valence-electron chi connectivity index (χ0n) is 12.5. The van der Waals surface area contributed by atoms with E-state index in [0.29, 0.717) is 5.92 Å². The van der Waals surface area contributed by atoms with Crippen LogP contribution in [0.5, 0.6) is 0 Å². The molecule has 2 rings (SSSR count). The number of allylic oxidation sites excluding steroid dienone is 8. The first-order chi connectivity index (χ1) is 7.63. The standard InChI is InChI=1S/C9H13.C5H5.2CH3.Si.Ti/c1-6-5-7(2)9(4)8(6)3;1-2-4-5-3-1;;;;/h6H,1-4H3;1-3H,4H2;2*1H3;;/q4*-1;;. The van der Waals surface area contributed by atoms with Gasteiger partial charge in [-0.05, 0) is 0 Å². The summed E-state index contributed by atoms with van der Waals surface area (Å²) in [4.78, 5) is 0. The first-order valence-electron chi connectivity index (χ1n) is 5.37. The third-order valence-electron chi connectivity index (χ3n) is 2.82. The molecule has 0 bridgehead atoms. The Morgan fingerprint density at radius 2 is 1.78 bits per heavy atom. The molecule has 1 unspecified atom stereocenters. The van der Waals surface area contributed by atoms with Gasteiger partial charge in [0.15, 0.2) is 0 Å². The van der Waals surface area contributed by atoms with Crippen molar-refractivity contribution in [3.63, 3.8) is 0 Å². The van der Waals surface area contributed by atoms with Crippen LogP contribution in [0, 0.1) is 32.9 Å². The fourth-order valence-corrected chi connectivity index (χ4v) is 1.50. The zero-order chi connectivity index (χ0) is 12.6. The van der Waals surface area contributed by atoms with Gasteiger partial charge < -0.3 is 14.9 Å². The van der Waals surface area contributed by atoms with Crippen molar-refractivity contribution in [2.75, 3.05) is 0 Å². The van der Waals surface area contributed by atoms with E-state index in [4.69, 9.17) is 0 Å². The van der Waals surface area contributed by atoms with Gasteiger partial charge in [0.2, 0.25) is 0 Å². The SMILES string of the molecule is CC1=[C-]C(C)C(C)=C1C.[C-]1=CC=CC1.[CH3-].[CH3-].[Si]=[Ti]. The Labute approximate surface area is 128 Å². The number of hydrogen-bond donors (Lipinski definition) is 0. The van der Waals surface area contributed by atoms with E-state index in [2.05, 4.69) is 53.6 Å². The van der Waals surface area contributed by atoms with Crippen molar-refractivity contribution in [2.24, 2.45) is 5.92 Å². The summed E-state index contributed by atoms with van der Waals surface area (Å²) in [6.07, 6.45) is 13.4. The molecule has 2 radical (unpaired) electrons. The first-order valence-corrected chi connectivity index (χ1v) is 8.21. The summed E-state index contributed by atoms with van der Waals surface area (Å²) in [5.74, 6) is 0.560. The summed E-state index contributed by atoms with van der Waals surface area (Å²) in [7, 11) is 2.97. The molecule has 2 heteroatoms. The molecule has 2 aliphatic rings. The Kier molecular flexibility index (Phi) is 17.0. The summed E-state index contributed by atoms with van der Waals surface area (Å²) in [5.41, 5.74) is 4.25. The molecule has 0 spiro atoms. The summed E-state index contributed by atoms with van der Waals surface area (Å²) in [6.45, 7) is 8.67.